The van der Waals surface area contributed by atoms with Crippen LogP contribution in [0.1, 0.15) is 27.0 Å². The molecule has 3 rings (SSSR count). The lowest BCUT2D eigenvalue weighted by molar-refractivity contribution is 0.100. The molecule has 0 fully saturated rings. The van der Waals surface area contributed by atoms with Gasteiger partial charge in [0.2, 0.25) is 5.91 Å². The van der Waals surface area contributed by atoms with Crippen molar-refractivity contribution in [2.45, 2.75) is 6.92 Å². The number of amides is 1. The fraction of sp³-hybridized carbons (Fsp3) is 0.0556. The fourth-order valence-electron chi connectivity index (χ4n) is 2.16. The van der Waals surface area contributed by atoms with E-state index >= 15 is 0 Å². The Kier molecular flexibility index (Phi) is 3.55. The topological polar surface area (TPSA) is 68.9 Å². The summed E-state index contributed by atoms with van der Waals surface area (Å²) in [5.74, 6) is 5.78. The molecule has 1 heterocycles. The molecular formula is C18H13N3O. The van der Waals surface area contributed by atoms with Gasteiger partial charge in [0.25, 0.3) is 0 Å². The molecule has 2 aromatic carbocycles. The zero-order valence-corrected chi connectivity index (χ0v) is 12.0. The molecule has 106 valence electrons. The number of hydrogen-bond donors (Lipinski definition) is 1. The molecule has 4 nitrogen and oxygen atoms in total. The van der Waals surface area contributed by atoms with Gasteiger partial charge in [-0.25, -0.2) is 9.97 Å². The minimum absolute atomic E-state index is 0.455. The summed E-state index contributed by atoms with van der Waals surface area (Å²) in [6.07, 6.45) is 3.26. The van der Waals surface area contributed by atoms with Gasteiger partial charge < -0.3 is 5.73 Å². The normalized spacial score (nSPS) is 10.0. The van der Waals surface area contributed by atoms with Crippen LogP contribution < -0.4 is 5.73 Å². The molecule has 3 aromatic rings. The number of carbonyl (C=O) groups excluding carboxylic acids is 1. The number of rotatable bonds is 1. The van der Waals surface area contributed by atoms with Crippen molar-refractivity contribution in [3.05, 3.63) is 71.2 Å². The van der Waals surface area contributed by atoms with E-state index in [4.69, 9.17) is 5.73 Å². The van der Waals surface area contributed by atoms with E-state index in [1.165, 1.54) is 6.33 Å². The first-order valence-electron chi connectivity index (χ1n) is 6.76. The Bertz CT molecular complexity index is 930. The molecule has 0 aliphatic heterocycles. The lowest BCUT2D eigenvalue weighted by Gasteiger charge is -2.01. The van der Waals surface area contributed by atoms with E-state index in [0.717, 1.165) is 27.6 Å². The quantitative estimate of drug-likeness (QED) is 0.699. The average molecular weight is 287 g/mol. The molecule has 0 spiro atoms. The van der Waals surface area contributed by atoms with E-state index in [2.05, 4.69) is 21.8 Å². The largest absolute Gasteiger partial charge is 0.366 e. The van der Waals surface area contributed by atoms with Crippen molar-refractivity contribution in [3.8, 4) is 11.8 Å². The van der Waals surface area contributed by atoms with Crippen molar-refractivity contribution in [2.75, 3.05) is 0 Å². The van der Waals surface area contributed by atoms with Crippen LogP contribution in [-0.2, 0) is 0 Å². The van der Waals surface area contributed by atoms with Crippen LogP contribution in [0.4, 0.5) is 0 Å². The Balaban J connectivity index is 2.09. The lowest BCUT2D eigenvalue weighted by Crippen LogP contribution is -2.11. The van der Waals surface area contributed by atoms with Crippen LogP contribution in [0.25, 0.3) is 10.9 Å². The maximum Gasteiger partial charge on any atom is 0.248 e. The number of benzene rings is 2. The highest BCUT2D eigenvalue weighted by Gasteiger charge is 2.03. The first-order chi connectivity index (χ1) is 10.6. The van der Waals surface area contributed by atoms with Crippen molar-refractivity contribution in [1.29, 1.82) is 0 Å². The molecule has 1 amide bonds. The van der Waals surface area contributed by atoms with E-state index in [9.17, 15) is 4.79 Å². The summed E-state index contributed by atoms with van der Waals surface area (Å²) in [5, 5.41) is 0.904. The number of aryl methyl sites for hydroxylation is 1. The van der Waals surface area contributed by atoms with Gasteiger partial charge in [0.05, 0.1) is 5.52 Å². The minimum atomic E-state index is -0.457. The zero-order chi connectivity index (χ0) is 15.5. The molecule has 22 heavy (non-hydrogen) atoms. The van der Waals surface area contributed by atoms with Gasteiger partial charge in [-0.1, -0.05) is 24.0 Å². The summed E-state index contributed by atoms with van der Waals surface area (Å²) in [4.78, 5) is 19.5. The molecule has 4 heteroatoms. The molecule has 0 aliphatic rings. The Hall–Kier alpha value is -3.19. The second-order valence-corrected chi connectivity index (χ2v) is 4.91. The average Bonchev–Trinajstić information content (AvgIpc) is 2.54. The SMILES string of the molecule is Cc1ccc(C(N)=O)cc1C#Cc1cccc2ncncc12. The monoisotopic (exact) mass is 287 g/mol. The first-order valence-corrected chi connectivity index (χ1v) is 6.76. The smallest absolute Gasteiger partial charge is 0.248 e. The highest BCUT2D eigenvalue weighted by atomic mass is 16.1. The third-order valence-corrected chi connectivity index (χ3v) is 3.40. The number of nitrogens with two attached hydrogens (primary N) is 1. The summed E-state index contributed by atoms with van der Waals surface area (Å²) in [5.41, 5.74) is 9.24. The Morgan fingerprint density at radius 2 is 1.95 bits per heavy atom. The van der Waals surface area contributed by atoms with Crippen LogP contribution >= 0.6 is 0 Å². The lowest BCUT2D eigenvalue weighted by atomic mass is 10.0. The van der Waals surface area contributed by atoms with Crippen molar-refractivity contribution < 1.29 is 4.79 Å². The zero-order valence-electron chi connectivity index (χ0n) is 12.0. The summed E-state index contributed by atoms with van der Waals surface area (Å²) in [6, 6.07) is 11.0. The molecular weight excluding hydrogens is 274 g/mol. The number of aromatic nitrogens is 2. The Morgan fingerprint density at radius 1 is 1.14 bits per heavy atom. The van der Waals surface area contributed by atoms with Gasteiger partial charge in [-0.3, -0.25) is 4.79 Å². The maximum absolute atomic E-state index is 11.3. The van der Waals surface area contributed by atoms with Crippen LogP contribution in [-0.4, -0.2) is 15.9 Å². The molecule has 0 radical (unpaired) electrons. The minimum Gasteiger partial charge on any atom is -0.366 e. The molecule has 2 N–H and O–H groups in total. The maximum atomic E-state index is 11.3. The Labute approximate surface area is 128 Å². The van der Waals surface area contributed by atoms with Crippen molar-refractivity contribution in [2.24, 2.45) is 5.73 Å². The van der Waals surface area contributed by atoms with Crippen LogP contribution in [0, 0.1) is 18.8 Å². The second-order valence-electron chi connectivity index (χ2n) is 4.91. The predicted molar refractivity (Wildman–Crippen MR) is 85.2 cm³/mol. The van der Waals surface area contributed by atoms with E-state index in [1.54, 1.807) is 18.3 Å². The predicted octanol–water partition coefficient (Wildman–Crippen LogP) is 2.44. The van der Waals surface area contributed by atoms with E-state index in [0.29, 0.717) is 5.56 Å². The summed E-state index contributed by atoms with van der Waals surface area (Å²) in [7, 11) is 0. The van der Waals surface area contributed by atoms with Gasteiger partial charge >= 0.3 is 0 Å². The fourth-order valence-corrected chi connectivity index (χ4v) is 2.16. The van der Waals surface area contributed by atoms with Crippen molar-refractivity contribution >= 4 is 16.8 Å². The summed E-state index contributed by atoms with van der Waals surface area (Å²) >= 11 is 0. The number of nitrogens with zero attached hydrogens (tertiary/aromatic N) is 2. The van der Waals surface area contributed by atoms with E-state index < -0.39 is 5.91 Å². The molecule has 1 aromatic heterocycles. The van der Waals surface area contributed by atoms with Gasteiger partial charge in [-0.05, 0) is 36.8 Å². The number of fused-ring (bicyclic) bond motifs is 1. The second kappa shape index (κ2) is 5.66. The van der Waals surface area contributed by atoms with Gasteiger partial charge in [-0.15, -0.1) is 0 Å². The van der Waals surface area contributed by atoms with Gasteiger partial charge in [0.1, 0.15) is 6.33 Å². The first kappa shape index (κ1) is 13.8. The highest BCUT2D eigenvalue weighted by Crippen LogP contribution is 2.15. The van der Waals surface area contributed by atoms with E-state index in [1.807, 2.05) is 31.2 Å². The van der Waals surface area contributed by atoms with Crippen LogP contribution in [0.2, 0.25) is 0 Å². The number of carbonyl (C=O) groups is 1. The van der Waals surface area contributed by atoms with Crippen LogP contribution in [0.15, 0.2) is 48.9 Å². The summed E-state index contributed by atoms with van der Waals surface area (Å²) < 4.78 is 0. The number of hydrogen-bond acceptors (Lipinski definition) is 3. The van der Waals surface area contributed by atoms with E-state index in [-0.39, 0.29) is 0 Å². The highest BCUT2D eigenvalue weighted by molar-refractivity contribution is 5.93. The van der Waals surface area contributed by atoms with Crippen molar-refractivity contribution in [3.63, 3.8) is 0 Å². The van der Waals surface area contributed by atoms with Crippen LogP contribution in [0.3, 0.4) is 0 Å². The molecule has 0 aliphatic carbocycles. The number of primary amides is 1. The third-order valence-electron chi connectivity index (χ3n) is 3.40. The Morgan fingerprint density at radius 3 is 2.77 bits per heavy atom. The van der Waals surface area contributed by atoms with Crippen molar-refractivity contribution in [1.82, 2.24) is 9.97 Å². The standard InChI is InChI=1S/C18H13N3O/c1-12-5-6-15(18(19)22)9-14(12)8-7-13-3-2-4-17-16(13)10-20-11-21-17/h2-6,9-11H,1H3,(H2,19,22). The van der Waals surface area contributed by atoms with Crippen LogP contribution in [0.5, 0.6) is 0 Å². The molecule has 0 bridgehead atoms. The molecule has 0 atom stereocenters. The van der Waals surface area contributed by atoms with Gasteiger partial charge in [0, 0.05) is 28.3 Å². The van der Waals surface area contributed by atoms with Gasteiger partial charge in [-0.2, -0.15) is 0 Å². The molecule has 0 saturated carbocycles. The molecule has 0 saturated heterocycles. The van der Waals surface area contributed by atoms with Gasteiger partial charge in [0.15, 0.2) is 0 Å². The third kappa shape index (κ3) is 2.65. The summed E-state index contributed by atoms with van der Waals surface area (Å²) in [6.45, 7) is 1.95. The molecule has 0 unspecified atom stereocenters.